The van der Waals surface area contributed by atoms with Crippen LogP contribution < -0.4 is 11.5 Å². The number of rotatable bonds is 1. The Bertz CT molecular complexity index is 265. The van der Waals surface area contributed by atoms with Gasteiger partial charge in [-0.05, 0) is 55.5 Å². The van der Waals surface area contributed by atoms with E-state index in [4.69, 9.17) is 35.9 Å². The maximum absolute atomic E-state index is 5.64. The van der Waals surface area contributed by atoms with Crippen molar-refractivity contribution in [3.63, 3.8) is 0 Å². The minimum atomic E-state index is 0.329. The Kier molecular flexibility index (Phi) is 2.62. The van der Waals surface area contributed by atoms with E-state index in [2.05, 4.69) is 0 Å². The van der Waals surface area contributed by atoms with Gasteiger partial charge in [-0.3, -0.25) is 4.90 Å². The first kappa shape index (κ1) is 10.1. The lowest BCUT2D eigenvalue weighted by molar-refractivity contribution is 0.301. The van der Waals surface area contributed by atoms with Gasteiger partial charge in [0.05, 0.1) is 0 Å². The van der Waals surface area contributed by atoms with Crippen LogP contribution in [0.25, 0.3) is 0 Å². The third-order valence-electron chi connectivity index (χ3n) is 3.51. The highest BCUT2D eigenvalue weighted by atomic mass is 32.1. The lowest BCUT2D eigenvalue weighted by Gasteiger charge is -2.33. The zero-order valence-corrected chi connectivity index (χ0v) is 9.61. The van der Waals surface area contributed by atoms with Crippen LogP contribution in [0.2, 0.25) is 0 Å². The van der Waals surface area contributed by atoms with E-state index in [1.54, 1.807) is 4.90 Å². The number of fused-ring (bicyclic) bond motifs is 2. The molecule has 0 heterocycles. The Morgan fingerprint density at radius 3 is 2.07 bits per heavy atom. The number of nitrogens with two attached hydrogens (primary N) is 2. The fourth-order valence-corrected chi connectivity index (χ4v) is 3.49. The number of thiocarbonyl (C=S) groups is 2. The second kappa shape index (κ2) is 3.62. The Hall–Kier alpha value is -0.420. The molecule has 0 aliphatic heterocycles. The predicted octanol–water partition coefficient (Wildman–Crippen LogP) is 0.964. The van der Waals surface area contributed by atoms with Gasteiger partial charge >= 0.3 is 0 Å². The van der Waals surface area contributed by atoms with Gasteiger partial charge in [-0.25, -0.2) is 0 Å². The van der Waals surface area contributed by atoms with Gasteiger partial charge < -0.3 is 11.5 Å². The van der Waals surface area contributed by atoms with E-state index >= 15 is 0 Å². The van der Waals surface area contributed by atoms with Crippen molar-refractivity contribution in [3.05, 3.63) is 0 Å². The van der Waals surface area contributed by atoms with Gasteiger partial charge in [0, 0.05) is 6.04 Å². The van der Waals surface area contributed by atoms with Crippen LogP contribution in [0.15, 0.2) is 0 Å². The molecule has 0 radical (unpaired) electrons. The highest BCUT2D eigenvalue weighted by Crippen LogP contribution is 2.46. The van der Waals surface area contributed by atoms with Crippen molar-refractivity contribution in [2.24, 2.45) is 23.3 Å². The minimum absolute atomic E-state index is 0.329. The zero-order chi connectivity index (χ0) is 10.3. The molecule has 2 rings (SSSR count). The predicted molar refractivity (Wildman–Crippen MR) is 64.6 cm³/mol. The molecular weight excluding hydrogens is 214 g/mol. The van der Waals surface area contributed by atoms with Crippen molar-refractivity contribution in [2.75, 3.05) is 0 Å². The quantitative estimate of drug-likeness (QED) is 0.656. The molecule has 78 valence electrons. The molecule has 3 unspecified atom stereocenters. The Labute approximate surface area is 94.8 Å². The second-order valence-corrected chi connectivity index (χ2v) is 5.13. The highest BCUT2D eigenvalue weighted by Gasteiger charge is 2.43. The molecule has 3 atom stereocenters. The van der Waals surface area contributed by atoms with Crippen molar-refractivity contribution in [1.29, 1.82) is 0 Å². The van der Waals surface area contributed by atoms with Gasteiger partial charge in [0.1, 0.15) is 0 Å². The van der Waals surface area contributed by atoms with Crippen molar-refractivity contribution in [2.45, 2.75) is 31.7 Å². The second-order valence-electron chi connectivity index (χ2n) is 4.29. The molecule has 0 spiro atoms. The average molecular weight is 229 g/mol. The summed E-state index contributed by atoms with van der Waals surface area (Å²) in [6.07, 6.45) is 5.08. The van der Waals surface area contributed by atoms with E-state index in [1.165, 1.54) is 19.3 Å². The summed E-state index contributed by atoms with van der Waals surface area (Å²) in [6, 6.07) is 0.378. The van der Waals surface area contributed by atoms with Crippen LogP contribution in [-0.2, 0) is 0 Å². The standard InChI is InChI=1S/C9H15N3S2/c10-8(13)12(9(11)14)7-4-5-1-2-6(7)3-5/h5-7H,1-4H2,(H2,10,13)(H2,11,14). The number of hydrogen-bond donors (Lipinski definition) is 2. The van der Waals surface area contributed by atoms with Crippen LogP contribution >= 0.6 is 24.4 Å². The fourth-order valence-electron chi connectivity index (χ4n) is 2.96. The van der Waals surface area contributed by atoms with Crippen molar-refractivity contribution < 1.29 is 0 Å². The summed E-state index contributed by atoms with van der Waals surface area (Å²) in [6.45, 7) is 0. The molecule has 5 heteroatoms. The Morgan fingerprint density at radius 2 is 1.71 bits per heavy atom. The molecule has 0 aromatic rings. The normalized spacial score (nSPS) is 34.4. The summed E-state index contributed by atoms with van der Waals surface area (Å²) in [4.78, 5) is 1.77. The van der Waals surface area contributed by atoms with Crippen molar-refractivity contribution in [1.82, 2.24) is 4.90 Å². The molecular formula is C9H15N3S2. The summed E-state index contributed by atoms with van der Waals surface area (Å²) in [5.74, 6) is 1.54. The van der Waals surface area contributed by atoms with Crippen LogP contribution in [0.1, 0.15) is 25.7 Å². The SMILES string of the molecule is NC(=S)N(C(N)=S)C1CC2CCC1C2. The molecule has 14 heavy (non-hydrogen) atoms. The first-order chi connectivity index (χ1) is 6.59. The number of nitrogens with zero attached hydrogens (tertiary/aromatic N) is 1. The van der Waals surface area contributed by atoms with E-state index in [9.17, 15) is 0 Å². The topological polar surface area (TPSA) is 55.3 Å². The van der Waals surface area contributed by atoms with Gasteiger partial charge in [-0.1, -0.05) is 6.42 Å². The van der Waals surface area contributed by atoms with Gasteiger partial charge in [-0.2, -0.15) is 0 Å². The summed E-state index contributed by atoms with van der Waals surface area (Å²) in [5, 5.41) is 0.658. The molecule has 0 amide bonds. The van der Waals surface area contributed by atoms with Crippen LogP contribution in [0, 0.1) is 11.8 Å². The summed E-state index contributed by atoms with van der Waals surface area (Å²) < 4.78 is 0. The summed E-state index contributed by atoms with van der Waals surface area (Å²) >= 11 is 9.96. The van der Waals surface area contributed by atoms with Gasteiger partial charge in [0.25, 0.3) is 0 Å². The third kappa shape index (κ3) is 1.59. The van der Waals surface area contributed by atoms with E-state index < -0.39 is 0 Å². The smallest absolute Gasteiger partial charge is 0.172 e. The van der Waals surface area contributed by atoms with Crippen LogP contribution in [-0.4, -0.2) is 21.2 Å². The Balaban J connectivity index is 2.13. The van der Waals surface area contributed by atoms with Gasteiger partial charge in [0.2, 0.25) is 0 Å². The molecule has 2 saturated carbocycles. The Morgan fingerprint density at radius 1 is 1.07 bits per heavy atom. The van der Waals surface area contributed by atoms with E-state index in [0.29, 0.717) is 22.2 Å². The lowest BCUT2D eigenvalue weighted by atomic mass is 9.94. The molecule has 2 fully saturated rings. The molecule has 3 nitrogen and oxygen atoms in total. The molecule has 0 aromatic carbocycles. The molecule has 2 aliphatic rings. The highest BCUT2D eigenvalue weighted by molar-refractivity contribution is 7.81. The van der Waals surface area contributed by atoms with Crippen LogP contribution in [0.3, 0.4) is 0 Å². The summed E-state index contributed by atoms with van der Waals surface area (Å²) in [5.41, 5.74) is 11.3. The third-order valence-corrected chi connectivity index (χ3v) is 3.90. The maximum Gasteiger partial charge on any atom is 0.172 e. The van der Waals surface area contributed by atoms with Gasteiger partial charge in [-0.15, -0.1) is 0 Å². The van der Waals surface area contributed by atoms with E-state index in [-0.39, 0.29) is 0 Å². The first-order valence-corrected chi connectivity index (χ1v) is 5.79. The van der Waals surface area contributed by atoms with E-state index in [1.807, 2.05) is 0 Å². The molecule has 0 aromatic heterocycles. The number of hydrogen-bond acceptors (Lipinski definition) is 2. The maximum atomic E-state index is 5.64. The van der Waals surface area contributed by atoms with Crippen molar-refractivity contribution in [3.8, 4) is 0 Å². The molecule has 4 N–H and O–H groups in total. The fraction of sp³-hybridized carbons (Fsp3) is 0.778. The van der Waals surface area contributed by atoms with Gasteiger partial charge in [0.15, 0.2) is 10.2 Å². The van der Waals surface area contributed by atoms with Crippen LogP contribution in [0.4, 0.5) is 0 Å². The summed E-state index contributed by atoms with van der Waals surface area (Å²) in [7, 11) is 0. The van der Waals surface area contributed by atoms with E-state index in [0.717, 1.165) is 12.3 Å². The average Bonchev–Trinajstić information content (AvgIpc) is 2.63. The molecule has 0 saturated heterocycles. The molecule has 2 aliphatic carbocycles. The van der Waals surface area contributed by atoms with Crippen molar-refractivity contribution >= 4 is 34.7 Å². The minimum Gasteiger partial charge on any atom is -0.376 e. The monoisotopic (exact) mass is 229 g/mol. The molecule has 2 bridgehead atoms. The largest absolute Gasteiger partial charge is 0.376 e. The van der Waals surface area contributed by atoms with Crippen LogP contribution in [0.5, 0.6) is 0 Å². The lowest BCUT2D eigenvalue weighted by Crippen LogP contribution is -2.51. The zero-order valence-electron chi connectivity index (χ0n) is 7.98. The first-order valence-electron chi connectivity index (χ1n) is 4.97.